The van der Waals surface area contributed by atoms with Crippen LogP contribution in [0.1, 0.15) is 21.5 Å². The number of nitrogens with zero attached hydrogens (tertiary/aromatic N) is 2. The molecule has 0 heterocycles. The van der Waals surface area contributed by atoms with E-state index >= 15 is 0 Å². The number of hydrogen-bond donors (Lipinski definition) is 2. The predicted octanol–water partition coefficient (Wildman–Crippen LogP) is 3.82. The van der Waals surface area contributed by atoms with Gasteiger partial charge in [-0.3, -0.25) is 9.79 Å². The molecule has 0 bridgehead atoms. The lowest BCUT2D eigenvalue weighted by molar-refractivity contribution is 0.0827. The summed E-state index contributed by atoms with van der Waals surface area (Å²) in [6, 6.07) is 12.4. The molecule has 0 saturated carbocycles. The van der Waals surface area contributed by atoms with Crippen molar-refractivity contribution in [2.75, 3.05) is 27.7 Å². The molecule has 5 nitrogen and oxygen atoms in total. The lowest BCUT2D eigenvalue weighted by atomic mass is 10.1. The van der Waals surface area contributed by atoms with Crippen LogP contribution in [0.3, 0.4) is 0 Å². The summed E-state index contributed by atoms with van der Waals surface area (Å²) in [6.45, 7) is 1.13. The van der Waals surface area contributed by atoms with Crippen molar-refractivity contribution in [2.24, 2.45) is 4.99 Å². The van der Waals surface area contributed by atoms with Gasteiger partial charge in [-0.15, -0.1) is 24.0 Å². The second kappa shape index (κ2) is 12.0. The average Bonchev–Trinajstić information content (AvgIpc) is 2.66. The molecular formula is C20H25BrFIN4O. The van der Waals surface area contributed by atoms with E-state index in [0.717, 1.165) is 10.0 Å². The van der Waals surface area contributed by atoms with Gasteiger partial charge < -0.3 is 15.5 Å². The van der Waals surface area contributed by atoms with Crippen molar-refractivity contribution in [3.63, 3.8) is 0 Å². The van der Waals surface area contributed by atoms with Gasteiger partial charge >= 0.3 is 0 Å². The van der Waals surface area contributed by atoms with Crippen LogP contribution in [0, 0.1) is 5.82 Å². The fourth-order valence-electron chi connectivity index (χ4n) is 2.48. The first-order chi connectivity index (χ1) is 12.9. The summed E-state index contributed by atoms with van der Waals surface area (Å²) in [5.41, 5.74) is 2.34. The van der Waals surface area contributed by atoms with E-state index in [1.807, 2.05) is 24.3 Å². The van der Waals surface area contributed by atoms with Gasteiger partial charge in [0.05, 0.1) is 0 Å². The van der Waals surface area contributed by atoms with Gasteiger partial charge in [0.1, 0.15) is 5.82 Å². The molecule has 28 heavy (non-hydrogen) atoms. The molecule has 8 heteroatoms. The highest BCUT2D eigenvalue weighted by Crippen LogP contribution is 2.15. The van der Waals surface area contributed by atoms with Gasteiger partial charge in [0.25, 0.3) is 5.91 Å². The molecule has 0 aliphatic rings. The van der Waals surface area contributed by atoms with Crippen LogP contribution in [0.15, 0.2) is 51.9 Å². The van der Waals surface area contributed by atoms with E-state index in [1.54, 1.807) is 38.2 Å². The fourth-order valence-corrected chi connectivity index (χ4v) is 2.89. The third-order valence-electron chi connectivity index (χ3n) is 3.99. The van der Waals surface area contributed by atoms with Crippen molar-refractivity contribution in [2.45, 2.75) is 13.0 Å². The Bertz CT molecular complexity index is 812. The van der Waals surface area contributed by atoms with E-state index in [0.29, 0.717) is 36.6 Å². The van der Waals surface area contributed by atoms with Crippen LogP contribution in [-0.4, -0.2) is 44.5 Å². The molecule has 2 N–H and O–H groups in total. The number of guanidine groups is 1. The smallest absolute Gasteiger partial charge is 0.253 e. The van der Waals surface area contributed by atoms with E-state index in [4.69, 9.17) is 0 Å². The third kappa shape index (κ3) is 7.38. The maximum atomic E-state index is 13.8. The minimum Gasteiger partial charge on any atom is -0.356 e. The van der Waals surface area contributed by atoms with Crippen LogP contribution in [0.2, 0.25) is 0 Å². The summed E-state index contributed by atoms with van der Waals surface area (Å²) in [6.07, 6.45) is 0.549. The van der Waals surface area contributed by atoms with Crippen molar-refractivity contribution < 1.29 is 9.18 Å². The Morgan fingerprint density at radius 3 is 2.43 bits per heavy atom. The molecular weight excluding hydrogens is 538 g/mol. The van der Waals surface area contributed by atoms with Crippen molar-refractivity contribution in [1.82, 2.24) is 15.5 Å². The molecule has 0 aromatic heterocycles. The predicted molar refractivity (Wildman–Crippen MR) is 126 cm³/mol. The standard InChI is InChI=1S/C20H24BrFN4O.HI/c1-23-20(24-11-10-16-12-17(21)8-9-18(16)22)25-13-14-4-6-15(7-5-14)19(27)26(2)3;/h4-9,12H,10-11,13H2,1-3H3,(H2,23,24,25);1H. The van der Waals surface area contributed by atoms with E-state index in [2.05, 4.69) is 31.6 Å². The molecule has 0 unspecified atom stereocenters. The Morgan fingerprint density at radius 1 is 1.14 bits per heavy atom. The Kier molecular flexibility index (Phi) is 10.4. The largest absolute Gasteiger partial charge is 0.356 e. The summed E-state index contributed by atoms with van der Waals surface area (Å²) in [4.78, 5) is 17.6. The highest BCUT2D eigenvalue weighted by Gasteiger charge is 2.07. The van der Waals surface area contributed by atoms with E-state index in [-0.39, 0.29) is 35.7 Å². The summed E-state index contributed by atoms with van der Waals surface area (Å²) in [5, 5.41) is 6.39. The van der Waals surface area contributed by atoms with Crippen LogP contribution in [0.4, 0.5) is 4.39 Å². The van der Waals surface area contributed by atoms with Gasteiger partial charge in [0, 0.05) is 44.3 Å². The lowest BCUT2D eigenvalue weighted by Gasteiger charge is -2.13. The number of benzene rings is 2. The molecule has 2 rings (SSSR count). The fraction of sp³-hybridized carbons (Fsp3) is 0.300. The molecule has 0 atom stereocenters. The van der Waals surface area contributed by atoms with Gasteiger partial charge in [-0.2, -0.15) is 0 Å². The zero-order chi connectivity index (χ0) is 19.8. The number of carbonyl (C=O) groups is 1. The van der Waals surface area contributed by atoms with E-state index < -0.39 is 0 Å². The number of halogens is 3. The minimum absolute atomic E-state index is 0. The van der Waals surface area contributed by atoms with Crippen LogP contribution < -0.4 is 10.6 Å². The van der Waals surface area contributed by atoms with Crippen LogP contribution in [-0.2, 0) is 13.0 Å². The molecule has 0 saturated heterocycles. The molecule has 2 aromatic rings. The number of aliphatic imine (C=N–C) groups is 1. The van der Waals surface area contributed by atoms with Gasteiger partial charge in [-0.05, 0) is 47.9 Å². The van der Waals surface area contributed by atoms with Crippen LogP contribution in [0.5, 0.6) is 0 Å². The normalized spacial score (nSPS) is 10.8. The molecule has 0 fully saturated rings. The summed E-state index contributed by atoms with van der Waals surface area (Å²) < 4.78 is 14.6. The second-order valence-corrected chi connectivity index (χ2v) is 7.15. The lowest BCUT2D eigenvalue weighted by Crippen LogP contribution is -2.37. The Balaban J connectivity index is 0.00000392. The topological polar surface area (TPSA) is 56.7 Å². The van der Waals surface area contributed by atoms with Crippen molar-refractivity contribution in [3.8, 4) is 0 Å². The molecule has 0 spiro atoms. The van der Waals surface area contributed by atoms with Crippen LogP contribution in [0.25, 0.3) is 0 Å². The Morgan fingerprint density at radius 2 is 1.82 bits per heavy atom. The number of rotatable bonds is 6. The number of amides is 1. The summed E-state index contributed by atoms with van der Waals surface area (Å²) >= 11 is 3.36. The number of carbonyl (C=O) groups excluding carboxylic acids is 1. The average molecular weight is 563 g/mol. The maximum absolute atomic E-state index is 13.8. The Hall–Kier alpha value is -1.68. The molecule has 1 amide bonds. The molecule has 0 radical (unpaired) electrons. The summed E-state index contributed by atoms with van der Waals surface area (Å²) in [5.74, 6) is 0.404. The second-order valence-electron chi connectivity index (χ2n) is 6.23. The van der Waals surface area contributed by atoms with Crippen molar-refractivity contribution in [3.05, 3.63) is 69.4 Å². The van der Waals surface area contributed by atoms with Crippen molar-refractivity contribution >= 4 is 51.8 Å². The number of hydrogen-bond acceptors (Lipinski definition) is 2. The Labute approximate surface area is 191 Å². The first-order valence-corrected chi connectivity index (χ1v) is 9.39. The highest BCUT2D eigenvalue weighted by molar-refractivity contribution is 14.0. The number of nitrogens with one attached hydrogen (secondary N) is 2. The SMILES string of the molecule is CN=C(NCCc1cc(Br)ccc1F)NCc1ccc(C(=O)N(C)C)cc1.I. The maximum Gasteiger partial charge on any atom is 0.253 e. The van der Waals surface area contributed by atoms with Gasteiger partial charge in [-0.1, -0.05) is 28.1 Å². The minimum atomic E-state index is -0.213. The molecule has 2 aromatic carbocycles. The first kappa shape index (κ1) is 24.4. The van der Waals surface area contributed by atoms with Gasteiger partial charge in [0.2, 0.25) is 0 Å². The van der Waals surface area contributed by atoms with Gasteiger partial charge in [0.15, 0.2) is 5.96 Å². The van der Waals surface area contributed by atoms with Crippen molar-refractivity contribution in [1.29, 1.82) is 0 Å². The summed E-state index contributed by atoms with van der Waals surface area (Å²) in [7, 11) is 5.15. The monoisotopic (exact) mass is 562 g/mol. The van der Waals surface area contributed by atoms with E-state index in [9.17, 15) is 9.18 Å². The zero-order valence-corrected chi connectivity index (χ0v) is 20.0. The molecule has 0 aliphatic carbocycles. The van der Waals surface area contributed by atoms with Crippen LogP contribution >= 0.6 is 39.9 Å². The molecule has 152 valence electrons. The van der Waals surface area contributed by atoms with E-state index in [1.165, 1.54) is 6.07 Å². The molecule has 0 aliphatic heterocycles. The zero-order valence-electron chi connectivity index (χ0n) is 16.1. The third-order valence-corrected chi connectivity index (χ3v) is 4.48. The van der Waals surface area contributed by atoms with Gasteiger partial charge in [-0.25, -0.2) is 4.39 Å². The quantitative estimate of drug-likeness (QED) is 0.320. The highest BCUT2D eigenvalue weighted by atomic mass is 127. The first-order valence-electron chi connectivity index (χ1n) is 8.59.